The van der Waals surface area contributed by atoms with Gasteiger partial charge in [0.15, 0.2) is 0 Å². The summed E-state index contributed by atoms with van der Waals surface area (Å²) in [5, 5.41) is 9.28. The topological polar surface area (TPSA) is 78.7 Å². The van der Waals surface area contributed by atoms with E-state index in [0.29, 0.717) is 11.5 Å². The highest BCUT2D eigenvalue weighted by Crippen LogP contribution is 2.37. The SMILES string of the molecule is O=C(O)c1cccc(CN2CCC(C3c4nccn4CCCN3C(=O)c3ccccc3)CC2)c1. The molecule has 0 spiro atoms. The maximum atomic E-state index is 13.6. The molecule has 3 heterocycles. The third-order valence-corrected chi connectivity index (χ3v) is 7.09. The van der Waals surface area contributed by atoms with Crippen LogP contribution in [0.3, 0.4) is 0 Å². The van der Waals surface area contributed by atoms with Crippen molar-refractivity contribution in [1.29, 1.82) is 0 Å². The minimum Gasteiger partial charge on any atom is -0.478 e. The second-order valence-corrected chi connectivity index (χ2v) is 9.26. The Morgan fingerprint density at radius 2 is 1.71 bits per heavy atom. The van der Waals surface area contributed by atoms with Crippen molar-refractivity contribution in [2.24, 2.45) is 5.92 Å². The van der Waals surface area contributed by atoms with Gasteiger partial charge in [-0.1, -0.05) is 30.3 Å². The van der Waals surface area contributed by atoms with Crippen LogP contribution < -0.4 is 0 Å². The first-order chi connectivity index (χ1) is 16.6. The van der Waals surface area contributed by atoms with E-state index in [1.807, 2.05) is 54.9 Å². The Morgan fingerprint density at radius 3 is 2.47 bits per heavy atom. The molecule has 2 aliphatic rings. The van der Waals surface area contributed by atoms with Gasteiger partial charge >= 0.3 is 5.97 Å². The number of hydrogen-bond acceptors (Lipinski definition) is 4. The summed E-state index contributed by atoms with van der Waals surface area (Å²) in [6, 6.07) is 16.7. The van der Waals surface area contributed by atoms with E-state index >= 15 is 0 Å². The van der Waals surface area contributed by atoms with Crippen LogP contribution in [-0.2, 0) is 13.1 Å². The molecule has 0 bridgehead atoms. The number of rotatable bonds is 5. The van der Waals surface area contributed by atoms with E-state index < -0.39 is 5.97 Å². The maximum absolute atomic E-state index is 13.6. The lowest BCUT2D eigenvalue weighted by Crippen LogP contribution is -2.43. The molecule has 2 aromatic carbocycles. The minimum atomic E-state index is -0.896. The minimum absolute atomic E-state index is 0.0392. The molecule has 1 atom stereocenters. The Hall–Kier alpha value is -3.45. The molecule has 1 aromatic heterocycles. The number of aromatic nitrogens is 2. The molecule has 1 amide bonds. The lowest BCUT2D eigenvalue weighted by molar-refractivity contribution is 0.0499. The standard InChI is InChI=1S/C27H30N4O3/c32-26(22-7-2-1-3-8-22)31-14-5-13-30-17-12-28-25(30)24(31)21-10-15-29(16-11-21)19-20-6-4-9-23(18-20)27(33)34/h1-4,6-9,12,17-18,21,24H,5,10-11,13-16,19H2,(H,33,34). The van der Waals surface area contributed by atoms with Crippen LogP contribution in [0.4, 0.5) is 0 Å². The molecule has 176 valence electrons. The van der Waals surface area contributed by atoms with Crippen molar-refractivity contribution in [1.82, 2.24) is 19.4 Å². The van der Waals surface area contributed by atoms with Crippen molar-refractivity contribution >= 4 is 11.9 Å². The summed E-state index contributed by atoms with van der Waals surface area (Å²) < 4.78 is 2.21. The Bertz CT molecular complexity index is 1150. The second-order valence-electron chi connectivity index (χ2n) is 9.26. The van der Waals surface area contributed by atoms with Gasteiger partial charge in [0.25, 0.3) is 5.91 Å². The smallest absolute Gasteiger partial charge is 0.335 e. The number of imidazole rings is 1. The van der Waals surface area contributed by atoms with E-state index in [2.05, 4.69) is 14.4 Å². The van der Waals surface area contributed by atoms with Crippen LogP contribution in [0.5, 0.6) is 0 Å². The molecule has 3 aromatic rings. The molecule has 1 saturated heterocycles. The molecule has 7 heteroatoms. The molecule has 1 unspecified atom stereocenters. The predicted molar refractivity (Wildman–Crippen MR) is 128 cm³/mol. The summed E-state index contributed by atoms with van der Waals surface area (Å²) in [5.41, 5.74) is 2.07. The van der Waals surface area contributed by atoms with Crippen LogP contribution in [0.25, 0.3) is 0 Å². The number of nitrogens with zero attached hydrogens (tertiary/aromatic N) is 4. The maximum Gasteiger partial charge on any atom is 0.335 e. The van der Waals surface area contributed by atoms with Gasteiger partial charge in [-0.05, 0) is 68.1 Å². The Kier molecular flexibility index (Phi) is 6.45. The quantitative estimate of drug-likeness (QED) is 0.623. The first-order valence-electron chi connectivity index (χ1n) is 12.0. The number of amides is 1. The molecule has 0 aliphatic carbocycles. The number of fused-ring (bicyclic) bond motifs is 1. The zero-order chi connectivity index (χ0) is 23.5. The third-order valence-electron chi connectivity index (χ3n) is 7.09. The van der Waals surface area contributed by atoms with Gasteiger partial charge in [-0.15, -0.1) is 0 Å². The highest BCUT2D eigenvalue weighted by molar-refractivity contribution is 5.94. The Labute approximate surface area is 199 Å². The van der Waals surface area contributed by atoms with Gasteiger partial charge in [0.2, 0.25) is 0 Å². The zero-order valence-electron chi connectivity index (χ0n) is 19.2. The summed E-state index contributed by atoms with van der Waals surface area (Å²) in [4.78, 5) is 34.0. The molecule has 1 N–H and O–H groups in total. The van der Waals surface area contributed by atoms with Crippen LogP contribution in [0.15, 0.2) is 67.0 Å². The first kappa shape index (κ1) is 22.3. The number of carbonyl (C=O) groups excluding carboxylic acids is 1. The second kappa shape index (κ2) is 9.81. The number of piperidine rings is 1. The molecule has 0 radical (unpaired) electrons. The number of likely N-dealkylation sites (tertiary alicyclic amines) is 1. The van der Waals surface area contributed by atoms with Crippen LogP contribution in [0.1, 0.15) is 57.4 Å². The van der Waals surface area contributed by atoms with E-state index in [-0.39, 0.29) is 11.9 Å². The van der Waals surface area contributed by atoms with E-state index in [1.54, 1.807) is 12.1 Å². The van der Waals surface area contributed by atoms with Gasteiger partial charge in [0, 0.05) is 37.6 Å². The van der Waals surface area contributed by atoms with Crippen LogP contribution in [0, 0.1) is 5.92 Å². The van der Waals surface area contributed by atoms with Crippen molar-refractivity contribution in [3.63, 3.8) is 0 Å². The van der Waals surface area contributed by atoms with Crippen LogP contribution in [-0.4, -0.2) is 56.0 Å². The fourth-order valence-corrected chi connectivity index (χ4v) is 5.39. The third kappa shape index (κ3) is 4.61. The van der Waals surface area contributed by atoms with E-state index in [0.717, 1.165) is 68.9 Å². The lowest BCUT2D eigenvalue weighted by Gasteiger charge is -2.40. The van der Waals surface area contributed by atoms with Crippen molar-refractivity contribution in [2.45, 2.75) is 38.4 Å². The molecule has 34 heavy (non-hydrogen) atoms. The number of carboxylic acid groups (broad SMARTS) is 1. The van der Waals surface area contributed by atoms with Crippen LogP contribution >= 0.6 is 0 Å². The van der Waals surface area contributed by atoms with Gasteiger partial charge in [-0.25, -0.2) is 9.78 Å². The normalized spacial score (nSPS) is 19.4. The fraction of sp³-hybridized carbons (Fsp3) is 0.370. The molecule has 5 rings (SSSR count). The summed E-state index contributed by atoms with van der Waals surface area (Å²) in [5.74, 6) is 0.505. The predicted octanol–water partition coefficient (Wildman–Crippen LogP) is 4.08. The molecular weight excluding hydrogens is 428 g/mol. The van der Waals surface area contributed by atoms with E-state index in [4.69, 9.17) is 4.98 Å². The monoisotopic (exact) mass is 458 g/mol. The number of carboxylic acids is 1. The van der Waals surface area contributed by atoms with Crippen molar-refractivity contribution in [3.05, 3.63) is 89.5 Å². The number of aryl methyl sites for hydroxylation is 1. The van der Waals surface area contributed by atoms with Gasteiger partial charge in [0.1, 0.15) is 5.82 Å². The lowest BCUT2D eigenvalue weighted by atomic mass is 9.87. The Morgan fingerprint density at radius 1 is 0.941 bits per heavy atom. The van der Waals surface area contributed by atoms with Gasteiger partial charge < -0.3 is 14.6 Å². The highest BCUT2D eigenvalue weighted by atomic mass is 16.4. The average Bonchev–Trinajstić information content (AvgIpc) is 3.25. The summed E-state index contributed by atoms with van der Waals surface area (Å²) in [6.07, 6.45) is 6.73. The fourth-order valence-electron chi connectivity index (χ4n) is 5.39. The van der Waals surface area contributed by atoms with Crippen molar-refractivity contribution in [3.8, 4) is 0 Å². The largest absolute Gasteiger partial charge is 0.478 e. The summed E-state index contributed by atoms with van der Waals surface area (Å²) >= 11 is 0. The molecule has 7 nitrogen and oxygen atoms in total. The van der Waals surface area contributed by atoms with Gasteiger partial charge in [0.05, 0.1) is 11.6 Å². The highest BCUT2D eigenvalue weighted by Gasteiger charge is 2.38. The van der Waals surface area contributed by atoms with Gasteiger partial charge in [-0.3, -0.25) is 9.69 Å². The van der Waals surface area contributed by atoms with Gasteiger partial charge in [-0.2, -0.15) is 0 Å². The van der Waals surface area contributed by atoms with Crippen LogP contribution in [0.2, 0.25) is 0 Å². The average molecular weight is 459 g/mol. The number of benzene rings is 2. The zero-order valence-corrected chi connectivity index (χ0v) is 19.2. The van der Waals surface area contributed by atoms with E-state index in [1.165, 1.54) is 0 Å². The summed E-state index contributed by atoms with van der Waals surface area (Å²) in [6.45, 7) is 4.16. The Balaban J connectivity index is 1.33. The number of aromatic carboxylic acids is 1. The number of hydrogen-bond donors (Lipinski definition) is 1. The number of carbonyl (C=O) groups is 2. The van der Waals surface area contributed by atoms with Crippen molar-refractivity contribution < 1.29 is 14.7 Å². The molecule has 0 saturated carbocycles. The molecule has 2 aliphatic heterocycles. The molecular formula is C27H30N4O3. The molecule has 1 fully saturated rings. The summed E-state index contributed by atoms with van der Waals surface area (Å²) in [7, 11) is 0. The van der Waals surface area contributed by atoms with Crippen molar-refractivity contribution in [2.75, 3.05) is 19.6 Å². The first-order valence-corrected chi connectivity index (χ1v) is 12.0. The van der Waals surface area contributed by atoms with E-state index in [9.17, 15) is 14.7 Å².